The molecule has 1 aromatic rings. The Hall–Kier alpha value is -1.76. The van der Waals surface area contributed by atoms with E-state index in [4.69, 9.17) is 0 Å². The number of sulfone groups is 1. The van der Waals surface area contributed by atoms with Gasteiger partial charge in [0, 0.05) is 51.4 Å². The summed E-state index contributed by atoms with van der Waals surface area (Å²) < 4.78 is 51.1. The number of nitrogens with zero attached hydrogens (tertiary/aromatic N) is 4. The van der Waals surface area contributed by atoms with E-state index >= 15 is 0 Å². The van der Waals surface area contributed by atoms with Crippen LogP contribution >= 0.6 is 0 Å². The first-order chi connectivity index (χ1) is 15.2. The number of hydrogen-bond acceptors (Lipinski definition) is 8. The molecule has 3 heterocycles. The summed E-state index contributed by atoms with van der Waals surface area (Å²) in [4.78, 5) is 15.3. The zero-order valence-corrected chi connectivity index (χ0v) is 19.7. The van der Waals surface area contributed by atoms with Crippen molar-refractivity contribution in [1.82, 2.24) is 9.21 Å². The molecule has 0 saturated carbocycles. The Kier molecular flexibility index (Phi) is 6.76. The summed E-state index contributed by atoms with van der Waals surface area (Å²) in [6.07, 6.45) is 4.21. The molecule has 178 valence electrons. The van der Waals surface area contributed by atoms with Gasteiger partial charge in [0.1, 0.15) is 5.69 Å². The van der Waals surface area contributed by atoms with Gasteiger partial charge < -0.3 is 4.90 Å². The highest BCUT2D eigenvalue weighted by Gasteiger charge is 2.35. The van der Waals surface area contributed by atoms with Crippen LogP contribution < -0.4 is 4.90 Å². The molecule has 0 amide bonds. The lowest BCUT2D eigenvalue weighted by Crippen LogP contribution is -2.50. The highest BCUT2D eigenvalue weighted by molar-refractivity contribution is 7.91. The third-order valence-corrected chi connectivity index (χ3v) is 10.4. The van der Waals surface area contributed by atoms with Gasteiger partial charge in [0.15, 0.2) is 9.84 Å². The van der Waals surface area contributed by atoms with Gasteiger partial charge in [0.05, 0.1) is 21.3 Å². The molecule has 3 fully saturated rings. The second kappa shape index (κ2) is 9.24. The van der Waals surface area contributed by atoms with E-state index in [1.54, 1.807) is 6.07 Å². The zero-order chi connectivity index (χ0) is 22.9. The van der Waals surface area contributed by atoms with Crippen molar-refractivity contribution >= 4 is 31.2 Å². The molecule has 4 rings (SSSR count). The van der Waals surface area contributed by atoms with Crippen LogP contribution in [0.3, 0.4) is 0 Å². The third-order valence-electron chi connectivity index (χ3n) is 6.73. The van der Waals surface area contributed by atoms with Gasteiger partial charge in [-0.05, 0) is 31.4 Å². The first kappa shape index (κ1) is 23.4. The minimum absolute atomic E-state index is 0.0123. The van der Waals surface area contributed by atoms with Crippen molar-refractivity contribution < 1.29 is 21.8 Å². The van der Waals surface area contributed by atoms with Crippen molar-refractivity contribution in [3.8, 4) is 0 Å². The van der Waals surface area contributed by atoms with E-state index < -0.39 is 24.8 Å². The van der Waals surface area contributed by atoms with Crippen LogP contribution in [0.4, 0.5) is 11.4 Å². The Morgan fingerprint density at radius 3 is 2.19 bits per heavy atom. The number of anilines is 1. The Morgan fingerprint density at radius 1 is 0.969 bits per heavy atom. The Morgan fingerprint density at radius 2 is 1.62 bits per heavy atom. The van der Waals surface area contributed by atoms with E-state index in [1.807, 2.05) is 4.90 Å². The average Bonchev–Trinajstić information content (AvgIpc) is 2.95. The predicted molar refractivity (Wildman–Crippen MR) is 121 cm³/mol. The Labute approximate surface area is 189 Å². The molecular weight excluding hydrogens is 456 g/mol. The van der Waals surface area contributed by atoms with Crippen molar-refractivity contribution in [3.05, 3.63) is 28.3 Å². The van der Waals surface area contributed by atoms with Gasteiger partial charge in [-0.1, -0.05) is 12.8 Å². The summed E-state index contributed by atoms with van der Waals surface area (Å²) in [7, 11) is -6.74. The van der Waals surface area contributed by atoms with Crippen molar-refractivity contribution in [2.45, 2.75) is 43.0 Å². The highest BCUT2D eigenvalue weighted by Crippen LogP contribution is 2.33. The van der Waals surface area contributed by atoms with Crippen LogP contribution in [0.1, 0.15) is 32.1 Å². The normalized spacial score (nSPS) is 25.5. The van der Waals surface area contributed by atoms with Crippen molar-refractivity contribution in [3.63, 3.8) is 0 Å². The fourth-order valence-corrected chi connectivity index (χ4v) is 8.20. The molecular formula is C20H30N4O6S2. The molecule has 3 aliphatic heterocycles. The fourth-order valence-electron chi connectivity index (χ4n) is 4.90. The maximum Gasteiger partial charge on any atom is 0.293 e. The molecule has 1 unspecified atom stereocenters. The van der Waals surface area contributed by atoms with E-state index in [1.165, 1.54) is 16.4 Å². The number of sulfonamides is 1. The van der Waals surface area contributed by atoms with Crippen LogP contribution in [-0.2, 0) is 19.9 Å². The Bertz CT molecular complexity index is 1060. The van der Waals surface area contributed by atoms with Gasteiger partial charge in [-0.15, -0.1) is 0 Å². The standard InChI is InChI=1S/C20H30N4O6S2/c25-24(26)20-15-18(32(29,30)23-8-3-1-2-4-9-23)5-6-19(20)22-12-10-21(11-13-22)17-7-14-31(27,28)16-17/h5-6,15,17H,1-4,7-14,16H2. The maximum atomic E-state index is 13.1. The minimum atomic E-state index is -3.77. The molecule has 3 aliphatic rings. The molecule has 10 nitrogen and oxygen atoms in total. The molecule has 0 aliphatic carbocycles. The van der Waals surface area contributed by atoms with Gasteiger partial charge in [0.2, 0.25) is 10.0 Å². The van der Waals surface area contributed by atoms with E-state index in [9.17, 15) is 26.9 Å². The quantitative estimate of drug-likeness (QED) is 0.453. The smallest absolute Gasteiger partial charge is 0.293 e. The molecule has 0 bridgehead atoms. The first-order valence-electron chi connectivity index (χ1n) is 11.2. The first-order valence-corrected chi connectivity index (χ1v) is 14.4. The van der Waals surface area contributed by atoms with Crippen molar-refractivity contribution in [1.29, 1.82) is 0 Å². The molecule has 3 saturated heterocycles. The summed E-state index contributed by atoms with van der Waals surface area (Å²) in [6, 6.07) is 4.21. The lowest BCUT2D eigenvalue weighted by atomic mass is 10.1. The minimum Gasteiger partial charge on any atom is -0.363 e. The van der Waals surface area contributed by atoms with E-state index in [2.05, 4.69) is 4.90 Å². The number of hydrogen-bond donors (Lipinski definition) is 0. The van der Waals surface area contributed by atoms with Gasteiger partial charge in [-0.3, -0.25) is 15.0 Å². The topological polar surface area (TPSA) is 121 Å². The average molecular weight is 487 g/mol. The lowest BCUT2D eigenvalue weighted by molar-refractivity contribution is -0.384. The zero-order valence-electron chi connectivity index (χ0n) is 18.1. The van der Waals surface area contributed by atoms with Gasteiger partial charge in [0.25, 0.3) is 5.69 Å². The summed E-state index contributed by atoms with van der Waals surface area (Å²) in [5.74, 6) is 0.395. The molecule has 1 atom stereocenters. The Balaban J connectivity index is 1.51. The summed E-state index contributed by atoms with van der Waals surface area (Å²) in [5, 5.41) is 11.8. The van der Waals surface area contributed by atoms with Gasteiger partial charge in [-0.2, -0.15) is 4.31 Å². The number of rotatable bonds is 5. The van der Waals surface area contributed by atoms with Gasteiger partial charge in [-0.25, -0.2) is 16.8 Å². The number of benzene rings is 1. The second-order valence-electron chi connectivity index (χ2n) is 8.81. The van der Waals surface area contributed by atoms with Crippen LogP contribution in [0.5, 0.6) is 0 Å². The van der Waals surface area contributed by atoms with E-state index in [0.717, 1.165) is 25.7 Å². The van der Waals surface area contributed by atoms with Crippen LogP contribution in [0, 0.1) is 10.1 Å². The monoisotopic (exact) mass is 486 g/mol. The van der Waals surface area contributed by atoms with Crippen molar-refractivity contribution in [2.24, 2.45) is 0 Å². The highest BCUT2D eigenvalue weighted by atomic mass is 32.2. The van der Waals surface area contributed by atoms with Gasteiger partial charge >= 0.3 is 0 Å². The molecule has 12 heteroatoms. The predicted octanol–water partition coefficient (Wildman–Crippen LogP) is 1.47. The largest absolute Gasteiger partial charge is 0.363 e. The maximum absolute atomic E-state index is 13.1. The number of piperazine rings is 1. The molecule has 0 N–H and O–H groups in total. The molecule has 32 heavy (non-hydrogen) atoms. The lowest BCUT2D eigenvalue weighted by Gasteiger charge is -2.38. The summed E-state index contributed by atoms with van der Waals surface area (Å²) in [6.45, 7) is 3.16. The third kappa shape index (κ3) is 4.92. The second-order valence-corrected chi connectivity index (χ2v) is 13.0. The fraction of sp³-hybridized carbons (Fsp3) is 0.700. The summed E-state index contributed by atoms with van der Waals surface area (Å²) >= 11 is 0. The van der Waals surface area contributed by atoms with Crippen molar-refractivity contribution in [2.75, 3.05) is 55.7 Å². The number of nitro groups is 1. The molecule has 0 aromatic heterocycles. The number of nitro benzene ring substituents is 1. The molecule has 0 radical (unpaired) electrons. The SMILES string of the molecule is O=[N+]([O-])c1cc(S(=O)(=O)N2CCCCCC2)ccc1N1CCN(C2CCS(=O)(=O)C2)CC1. The van der Waals surface area contributed by atoms with E-state index in [0.29, 0.717) is 51.4 Å². The van der Waals surface area contributed by atoms with E-state index in [-0.39, 0.29) is 28.1 Å². The summed E-state index contributed by atoms with van der Waals surface area (Å²) in [5.41, 5.74) is 0.196. The molecule has 0 spiro atoms. The molecule has 1 aromatic carbocycles. The van der Waals surface area contributed by atoms with Crippen LogP contribution in [-0.4, -0.2) is 87.8 Å². The van der Waals surface area contributed by atoms with Crippen LogP contribution in [0.25, 0.3) is 0 Å². The van der Waals surface area contributed by atoms with Crippen LogP contribution in [0.2, 0.25) is 0 Å². The van der Waals surface area contributed by atoms with Crippen LogP contribution in [0.15, 0.2) is 23.1 Å².